The molecule has 0 aliphatic carbocycles. The Morgan fingerprint density at radius 1 is 0.815 bits per heavy atom. The fourth-order valence-corrected chi connectivity index (χ4v) is 5.31. The third-order valence-electron chi connectivity index (χ3n) is 5.54. The van der Waals surface area contributed by atoms with E-state index in [9.17, 15) is 0 Å². The predicted octanol–water partition coefficient (Wildman–Crippen LogP) is 6.46. The fourth-order valence-electron chi connectivity index (χ4n) is 4.22. The van der Waals surface area contributed by atoms with Crippen LogP contribution in [0.25, 0.3) is 25.9 Å². The first-order valence-electron chi connectivity index (χ1n) is 9.30. The topological polar surface area (TPSA) is 6.48 Å². The number of nitrogens with zero attached hydrogens (tertiary/aromatic N) is 2. The van der Waals surface area contributed by atoms with Gasteiger partial charge in [-0.3, -0.25) is 0 Å². The van der Waals surface area contributed by atoms with Crippen LogP contribution in [0.3, 0.4) is 0 Å². The van der Waals surface area contributed by atoms with E-state index in [1.165, 1.54) is 48.4 Å². The van der Waals surface area contributed by atoms with Crippen molar-refractivity contribution >= 4 is 42.9 Å². The molecule has 134 valence electrons. The van der Waals surface area contributed by atoms with E-state index in [2.05, 4.69) is 97.4 Å². The van der Waals surface area contributed by atoms with E-state index in [0.29, 0.717) is 0 Å². The van der Waals surface area contributed by atoms with Gasteiger partial charge in [-0.1, -0.05) is 42.5 Å². The molecule has 27 heavy (non-hydrogen) atoms. The summed E-state index contributed by atoms with van der Waals surface area (Å²) >= 11 is 1.87. The highest BCUT2D eigenvalue weighted by Gasteiger charge is 2.26. The van der Waals surface area contributed by atoms with E-state index in [4.69, 9.17) is 0 Å². The molecule has 5 rings (SSSR count). The molecule has 0 bridgehead atoms. The Balaban J connectivity index is 1.66. The van der Waals surface area contributed by atoms with Crippen LogP contribution in [-0.4, -0.2) is 18.6 Å². The Labute approximate surface area is 164 Å². The molecule has 4 aromatic rings. The van der Waals surface area contributed by atoms with Crippen molar-refractivity contribution in [2.45, 2.75) is 13.8 Å². The van der Waals surface area contributed by atoms with Gasteiger partial charge in [-0.25, -0.2) is 0 Å². The lowest BCUT2D eigenvalue weighted by atomic mass is 10.1. The van der Waals surface area contributed by atoms with Crippen molar-refractivity contribution in [1.29, 1.82) is 0 Å². The summed E-state index contributed by atoms with van der Waals surface area (Å²) in [4.78, 5) is 4.78. The number of thiophene rings is 1. The minimum atomic E-state index is 0.883. The molecule has 0 saturated heterocycles. The van der Waals surface area contributed by atoms with Gasteiger partial charge in [0.2, 0.25) is 0 Å². The van der Waals surface area contributed by atoms with E-state index in [-0.39, 0.29) is 0 Å². The van der Waals surface area contributed by atoms with Crippen LogP contribution in [-0.2, 0) is 0 Å². The zero-order valence-corrected chi connectivity index (χ0v) is 16.7. The van der Waals surface area contributed by atoms with Gasteiger partial charge in [0.25, 0.3) is 0 Å². The molecule has 0 atom stereocenters. The number of hydrogen-bond donors (Lipinski definition) is 0. The second-order valence-electron chi connectivity index (χ2n) is 7.30. The van der Waals surface area contributed by atoms with Gasteiger partial charge in [-0.05, 0) is 43.7 Å². The van der Waals surface area contributed by atoms with Crippen molar-refractivity contribution in [2.75, 3.05) is 18.6 Å². The second kappa shape index (κ2) is 6.14. The van der Waals surface area contributed by atoms with Crippen molar-refractivity contribution in [3.05, 3.63) is 83.6 Å². The summed E-state index contributed by atoms with van der Waals surface area (Å²) < 4.78 is 2.71. The first kappa shape index (κ1) is 16.4. The van der Waals surface area contributed by atoms with Crippen LogP contribution in [0.5, 0.6) is 0 Å². The van der Waals surface area contributed by atoms with E-state index in [0.717, 1.165) is 6.67 Å². The number of fused-ring (bicyclic) bond motifs is 3. The Morgan fingerprint density at radius 2 is 1.56 bits per heavy atom. The summed E-state index contributed by atoms with van der Waals surface area (Å²) in [5, 5.41) is 2.71. The zero-order valence-electron chi connectivity index (χ0n) is 15.9. The molecule has 0 fully saturated rings. The summed E-state index contributed by atoms with van der Waals surface area (Å²) in [5.74, 6) is 0. The first-order valence-corrected chi connectivity index (χ1v) is 10.1. The van der Waals surface area contributed by atoms with Crippen molar-refractivity contribution < 1.29 is 0 Å². The molecule has 3 heteroatoms. The molecule has 0 unspecified atom stereocenters. The SMILES string of the molecule is CC1=C(c2ccc3sc4ccccc4c3c2)N(C)CN1c1ccccc1C. The summed E-state index contributed by atoms with van der Waals surface area (Å²) in [6.45, 7) is 5.31. The van der Waals surface area contributed by atoms with Crippen molar-refractivity contribution in [2.24, 2.45) is 0 Å². The monoisotopic (exact) mass is 370 g/mol. The normalized spacial score (nSPS) is 14.8. The van der Waals surface area contributed by atoms with Gasteiger partial charge < -0.3 is 9.80 Å². The lowest BCUT2D eigenvalue weighted by Gasteiger charge is -2.22. The number of rotatable bonds is 2. The van der Waals surface area contributed by atoms with E-state index < -0.39 is 0 Å². The van der Waals surface area contributed by atoms with Crippen LogP contribution in [0.2, 0.25) is 0 Å². The van der Waals surface area contributed by atoms with Gasteiger partial charge >= 0.3 is 0 Å². The molecule has 1 aliphatic rings. The lowest BCUT2D eigenvalue weighted by molar-refractivity contribution is 0.516. The molecule has 2 heterocycles. The van der Waals surface area contributed by atoms with Crippen molar-refractivity contribution in [3.8, 4) is 0 Å². The highest BCUT2D eigenvalue weighted by Crippen LogP contribution is 2.39. The fraction of sp³-hybridized carbons (Fsp3) is 0.167. The molecular formula is C24H22N2S. The van der Waals surface area contributed by atoms with E-state index in [1.54, 1.807) is 0 Å². The molecular weight excluding hydrogens is 348 g/mol. The number of aryl methyl sites for hydroxylation is 1. The van der Waals surface area contributed by atoms with E-state index >= 15 is 0 Å². The van der Waals surface area contributed by atoms with E-state index in [1.807, 2.05) is 11.3 Å². The summed E-state index contributed by atoms with van der Waals surface area (Å²) in [5.41, 5.74) is 6.52. The third kappa shape index (κ3) is 2.54. The quantitative estimate of drug-likeness (QED) is 0.399. The standard InChI is InChI=1S/C24H22N2S/c1-16-8-4-6-10-21(16)26-15-25(3)24(17(26)2)18-12-13-23-20(14-18)19-9-5-7-11-22(19)27-23/h4-14H,15H2,1-3H3. The first-order chi connectivity index (χ1) is 13.1. The van der Waals surface area contributed by atoms with Gasteiger partial charge in [0.15, 0.2) is 0 Å². The average Bonchev–Trinajstić information content (AvgIpc) is 3.18. The average molecular weight is 371 g/mol. The maximum atomic E-state index is 2.42. The summed E-state index contributed by atoms with van der Waals surface area (Å²) in [6, 6.07) is 24.2. The number of para-hydroxylation sites is 1. The van der Waals surface area contributed by atoms with Gasteiger partial charge in [0, 0.05) is 44.2 Å². The summed E-state index contributed by atoms with van der Waals surface area (Å²) in [6.07, 6.45) is 0. The Hall–Kier alpha value is -2.78. The Bertz CT molecular complexity index is 1200. The van der Waals surface area contributed by atoms with Gasteiger partial charge in [0.05, 0.1) is 12.4 Å². The smallest absolute Gasteiger partial charge is 0.0947 e. The molecule has 1 aromatic heterocycles. The van der Waals surface area contributed by atoms with Gasteiger partial charge in [0.1, 0.15) is 0 Å². The van der Waals surface area contributed by atoms with Crippen LogP contribution in [0.4, 0.5) is 5.69 Å². The van der Waals surface area contributed by atoms with Gasteiger partial charge in [-0.15, -0.1) is 11.3 Å². The lowest BCUT2D eigenvalue weighted by Crippen LogP contribution is -2.24. The number of hydrogen-bond acceptors (Lipinski definition) is 3. The van der Waals surface area contributed by atoms with Crippen LogP contribution >= 0.6 is 11.3 Å². The third-order valence-corrected chi connectivity index (χ3v) is 6.69. The highest BCUT2D eigenvalue weighted by molar-refractivity contribution is 7.25. The molecule has 0 radical (unpaired) electrons. The molecule has 0 N–H and O–H groups in total. The maximum absolute atomic E-state index is 2.42. The largest absolute Gasteiger partial charge is 0.355 e. The minimum Gasteiger partial charge on any atom is -0.355 e. The highest BCUT2D eigenvalue weighted by atomic mass is 32.1. The molecule has 1 aliphatic heterocycles. The van der Waals surface area contributed by atoms with Crippen LogP contribution in [0.1, 0.15) is 18.1 Å². The molecule has 0 spiro atoms. The molecule has 3 aromatic carbocycles. The Morgan fingerprint density at radius 3 is 2.41 bits per heavy atom. The predicted molar refractivity (Wildman–Crippen MR) is 118 cm³/mol. The van der Waals surface area contributed by atoms with Crippen LogP contribution < -0.4 is 4.90 Å². The van der Waals surface area contributed by atoms with Crippen LogP contribution in [0, 0.1) is 6.92 Å². The number of anilines is 1. The summed E-state index contributed by atoms with van der Waals surface area (Å²) in [7, 11) is 2.19. The minimum absolute atomic E-state index is 0.883. The zero-order chi connectivity index (χ0) is 18.5. The van der Waals surface area contributed by atoms with Crippen molar-refractivity contribution in [3.63, 3.8) is 0 Å². The van der Waals surface area contributed by atoms with Gasteiger partial charge in [-0.2, -0.15) is 0 Å². The van der Waals surface area contributed by atoms with Crippen molar-refractivity contribution in [1.82, 2.24) is 4.90 Å². The second-order valence-corrected chi connectivity index (χ2v) is 8.38. The maximum Gasteiger partial charge on any atom is 0.0947 e. The number of allylic oxidation sites excluding steroid dienone is 1. The Kier molecular flexibility index (Phi) is 3.73. The van der Waals surface area contributed by atoms with Crippen LogP contribution in [0.15, 0.2) is 72.4 Å². The number of benzene rings is 3. The molecule has 2 nitrogen and oxygen atoms in total. The molecule has 0 saturated carbocycles. The molecule has 0 amide bonds.